The summed E-state index contributed by atoms with van der Waals surface area (Å²) in [5.74, 6) is 0. The second kappa shape index (κ2) is 10.8. The Kier molecular flexibility index (Phi) is 3.82. The lowest BCUT2D eigenvalue weighted by molar-refractivity contribution is 0.669. The van der Waals surface area contributed by atoms with Crippen LogP contribution in [0.15, 0.2) is 180 Å². The van der Waals surface area contributed by atoms with Gasteiger partial charge in [-0.3, -0.25) is 0 Å². The minimum Gasteiger partial charge on any atom is -0.456 e. The second-order valence-corrected chi connectivity index (χ2v) is 10.7. The molecule has 0 amide bonds. The Hall–Kier alpha value is -6.12. The summed E-state index contributed by atoms with van der Waals surface area (Å²) in [5.41, 5.74) is 1.33. The van der Waals surface area contributed by atoms with Crippen LogP contribution in [0.2, 0.25) is 0 Å². The van der Waals surface area contributed by atoms with Crippen LogP contribution in [0.1, 0.15) is 17.8 Å². The van der Waals surface area contributed by atoms with E-state index in [1.54, 1.807) is 29.2 Å². The summed E-state index contributed by atoms with van der Waals surface area (Å²) < 4.78 is 122. The van der Waals surface area contributed by atoms with Crippen molar-refractivity contribution >= 4 is 60.5 Å². The van der Waals surface area contributed by atoms with Crippen LogP contribution in [0, 0.1) is 0 Å². The minimum atomic E-state index is -0.679. The summed E-state index contributed by atoms with van der Waals surface area (Å²) in [5, 5.41) is 1.22. The average Bonchev–Trinajstić information content (AvgIpc) is 3.66. The second-order valence-electron chi connectivity index (χ2n) is 10.7. The van der Waals surface area contributed by atoms with Crippen molar-refractivity contribution in [3.63, 3.8) is 0 Å². The molecule has 1 heterocycles. The predicted molar refractivity (Wildman–Crippen MR) is 194 cm³/mol. The van der Waals surface area contributed by atoms with Gasteiger partial charge in [0.25, 0.3) is 0 Å². The molecule has 0 fully saturated rings. The maximum atomic E-state index is 9.50. The molecule has 0 N–H and O–H groups in total. The highest BCUT2D eigenvalue weighted by molar-refractivity contribution is 6.19. The zero-order valence-corrected chi connectivity index (χ0v) is 24.1. The Labute approximate surface area is 285 Å². The maximum Gasteiger partial charge on any atom is 0.136 e. The minimum absolute atomic E-state index is 0.107. The van der Waals surface area contributed by atoms with E-state index in [-0.39, 0.29) is 38.4 Å². The van der Waals surface area contributed by atoms with E-state index in [1.807, 2.05) is 72.8 Å². The zero-order chi connectivity index (χ0) is 41.8. The van der Waals surface area contributed by atoms with Crippen molar-refractivity contribution in [2.75, 3.05) is 4.90 Å². The van der Waals surface area contributed by atoms with Crippen molar-refractivity contribution in [2.24, 2.45) is 0 Å². The summed E-state index contributed by atoms with van der Waals surface area (Å²) >= 11 is 0. The van der Waals surface area contributed by atoms with E-state index < -0.39 is 89.7 Å². The lowest BCUT2D eigenvalue weighted by Crippen LogP contribution is -2.09. The molecule has 0 bridgehead atoms. The van der Waals surface area contributed by atoms with Crippen molar-refractivity contribution in [2.45, 2.75) is 0 Å². The van der Waals surface area contributed by atoms with Gasteiger partial charge in [-0.25, -0.2) is 0 Å². The largest absolute Gasteiger partial charge is 0.456 e. The fourth-order valence-electron chi connectivity index (χ4n) is 5.87. The Balaban J connectivity index is 1.29. The summed E-state index contributed by atoms with van der Waals surface area (Å²) in [6, 6.07) is 23.0. The van der Waals surface area contributed by atoms with E-state index in [2.05, 4.69) is 0 Å². The summed E-state index contributed by atoms with van der Waals surface area (Å²) in [7, 11) is 0. The van der Waals surface area contributed by atoms with E-state index in [0.29, 0.717) is 11.4 Å². The smallest absolute Gasteiger partial charge is 0.136 e. The first-order valence-corrected chi connectivity index (χ1v) is 14.6. The topological polar surface area (TPSA) is 16.4 Å². The first-order valence-electron chi connectivity index (χ1n) is 21.1. The van der Waals surface area contributed by atoms with Gasteiger partial charge in [0.15, 0.2) is 0 Å². The van der Waals surface area contributed by atoms with Gasteiger partial charge >= 0.3 is 0 Å². The molecule has 0 atom stereocenters. The van der Waals surface area contributed by atoms with Gasteiger partial charge < -0.3 is 9.32 Å². The van der Waals surface area contributed by atoms with Gasteiger partial charge in [-0.1, -0.05) is 121 Å². The van der Waals surface area contributed by atoms with Gasteiger partial charge in [0, 0.05) is 27.8 Å². The Morgan fingerprint density at radius 2 is 1.15 bits per heavy atom. The fourth-order valence-corrected chi connectivity index (χ4v) is 5.87. The number of fused-ring (bicyclic) bond motifs is 6. The first kappa shape index (κ1) is 16.3. The Bertz CT molecular complexity index is 3220. The predicted octanol–water partition coefficient (Wildman–Crippen LogP) is 12.7. The fraction of sp³-hybridized carbons (Fsp3) is 0. The van der Waals surface area contributed by atoms with Gasteiger partial charge in [0.1, 0.15) is 11.2 Å². The van der Waals surface area contributed by atoms with Crippen LogP contribution < -0.4 is 4.90 Å². The molecule has 46 heavy (non-hydrogen) atoms. The number of benzene rings is 8. The third kappa shape index (κ3) is 4.43. The number of para-hydroxylation sites is 2. The molecule has 0 saturated heterocycles. The van der Waals surface area contributed by atoms with Crippen molar-refractivity contribution < 1.29 is 22.2 Å². The van der Waals surface area contributed by atoms with Crippen molar-refractivity contribution in [3.8, 4) is 22.3 Å². The van der Waals surface area contributed by atoms with Gasteiger partial charge in [-0.2, -0.15) is 0 Å². The monoisotopic (exact) mass is 600 g/mol. The third-order valence-corrected chi connectivity index (χ3v) is 8.02. The molecule has 9 aromatic rings. The van der Waals surface area contributed by atoms with E-state index in [9.17, 15) is 6.85 Å². The molecule has 0 spiro atoms. The highest BCUT2D eigenvalue weighted by Gasteiger charge is 2.15. The normalized spacial score (nSPS) is 15.4. The number of anilines is 3. The molecule has 9 rings (SSSR count). The maximum absolute atomic E-state index is 9.50. The highest BCUT2D eigenvalue weighted by Crippen LogP contribution is 2.39. The first-order chi connectivity index (χ1) is 28.2. The lowest BCUT2D eigenvalue weighted by Gasteiger charge is -2.26. The number of rotatable bonds is 5. The van der Waals surface area contributed by atoms with Crippen LogP contribution in [0.5, 0.6) is 0 Å². The van der Waals surface area contributed by atoms with E-state index in [4.69, 9.17) is 15.4 Å². The van der Waals surface area contributed by atoms with Crippen LogP contribution in [0.3, 0.4) is 0 Å². The number of hydrogen-bond acceptors (Lipinski definition) is 2. The molecule has 2 heteroatoms. The number of hydrogen-bond donors (Lipinski definition) is 0. The van der Waals surface area contributed by atoms with E-state index in [1.165, 1.54) is 0 Å². The molecule has 216 valence electrons. The molecule has 0 unspecified atom stereocenters. The van der Waals surface area contributed by atoms with Gasteiger partial charge in [0.05, 0.1) is 17.8 Å². The van der Waals surface area contributed by atoms with Gasteiger partial charge in [-0.15, -0.1) is 0 Å². The molecule has 1 aromatic heterocycles. The van der Waals surface area contributed by atoms with Crippen molar-refractivity contribution in [1.82, 2.24) is 0 Å². The van der Waals surface area contributed by atoms with Gasteiger partial charge in [0.2, 0.25) is 0 Å². The molecule has 0 aliphatic rings. The lowest BCUT2D eigenvalue weighted by atomic mass is 9.97. The van der Waals surface area contributed by atoms with E-state index >= 15 is 0 Å². The summed E-state index contributed by atoms with van der Waals surface area (Å²) in [6.07, 6.45) is 0. The Morgan fingerprint density at radius 1 is 0.435 bits per heavy atom. The third-order valence-electron chi connectivity index (χ3n) is 8.02. The Morgan fingerprint density at radius 3 is 2.02 bits per heavy atom. The van der Waals surface area contributed by atoms with E-state index in [0.717, 1.165) is 21.9 Å². The van der Waals surface area contributed by atoms with Gasteiger partial charge in [-0.05, 0) is 98.3 Å². The molecular weight excluding hydrogens is 558 g/mol. The SMILES string of the molecule is [2H]c1c([2H])c(N(c2ccccc2)c2ccc(-c3cccc4ccccc34)cc2)c([2H])c([2H])c1-c1c([2H])c([2H])c2c([2H])c([2H])c3oc4c([2H])c([2H])c([2H])c([2H])c4c3c2c1[2H]. The van der Waals surface area contributed by atoms with Crippen LogP contribution in [-0.2, 0) is 0 Å². The molecule has 0 radical (unpaired) electrons. The molecule has 0 aliphatic heterocycles. The van der Waals surface area contributed by atoms with Crippen LogP contribution in [0.25, 0.3) is 65.7 Å². The number of furan rings is 1. The standard InChI is InChI=1S/C44H29NO/c1-2-11-35(12-3-1)45(37-26-21-32(22-27-37)39-15-8-10-31-9-4-5-13-38(31)39)36-24-19-30(20-25-36)34-18-17-33-23-28-43-44(41(33)29-34)40-14-6-7-16-42(40)46-43/h1-29H/i6D,7D,14D,16D,17D,18D,19D,20D,23D,24D,25D,28D,29D. The molecule has 2 nitrogen and oxygen atoms in total. The van der Waals surface area contributed by atoms with Crippen molar-refractivity contribution in [3.05, 3.63) is 176 Å². The summed E-state index contributed by atoms with van der Waals surface area (Å²) in [4.78, 5) is 1.60. The zero-order valence-electron chi connectivity index (χ0n) is 37.1. The van der Waals surface area contributed by atoms with Crippen molar-refractivity contribution in [1.29, 1.82) is 0 Å². The molecule has 0 aliphatic carbocycles. The molecular formula is C44H29NO. The van der Waals surface area contributed by atoms with Crippen LogP contribution in [-0.4, -0.2) is 0 Å². The van der Waals surface area contributed by atoms with Crippen LogP contribution >= 0.6 is 0 Å². The number of nitrogens with zero attached hydrogens (tertiary/aromatic N) is 1. The highest BCUT2D eigenvalue weighted by atomic mass is 16.3. The molecule has 8 aromatic carbocycles. The average molecular weight is 601 g/mol. The quantitative estimate of drug-likeness (QED) is 0.195. The molecule has 0 saturated carbocycles. The summed E-state index contributed by atoms with van der Waals surface area (Å²) in [6.45, 7) is 0. The van der Waals surface area contributed by atoms with Crippen LogP contribution in [0.4, 0.5) is 17.1 Å².